The monoisotopic (exact) mass is 364 g/mol. The van der Waals surface area contributed by atoms with Gasteiger partial charge in [-0.3, -0.25) is 14.5 Å². The van der Waals surface area contributed by atoms with Gasteiger partial charge in [-0.05, 0) is 27.0 Å². The highest BCUT2D eigenvalue weighted by molar-refractivity contribution is 5.79. The summed E-state index contributed by atoms with van der Waals surface area (Å²) in [6.45, 7) is 5.82. The molecule has 0 aromatic heterocycles. The highest BCUT2D eigenvalue weighted by atomic mass is 16.5. The van der Waals surface area contributed by atoms with Crippen LogP contribution in [0.1, 0.15) is 19.4 Å². The Morgan fingerprint density at radius 1 is 1.38 bits per heavy atom. The molecule has 0 bridgehead atoms. The van der Waals surface area contributed by atoms with Crippen molar-refractivity contribution < 1.29 is 24.2 Å². The molecule has 0 radical (unpaired) electrons. The van der Waals surface area contributed by atoms with Gasteiger partial charge in [0, 0.05) is 25.2 Å². The van der Waals surface area contributed by atoms with E-state index in [0.717, 1.165) is 11.3 Å². The molecule has 1 unspecified atom stereocenters. The number of hydrogen-bond donors (Lipinski definition) is 1. The molecule has 1 heterocycles. The molecule has 7 heteroatoms. The lowest BCUT2D eigenvalue weighted by Gasteiger charge is -2.34. The molecule has 1 fully saturated rings. The zero-order valence-electron chi connectivity index (χ0n) is 15.7. The van der Waals surface area contributed by atoms with Gasteiger partial charge in [0.1, 0.15) is 5.75 Å². The second-order valence-corrected chi connectivity index (χ2v) is 6.87. The van der Waals surface area contributed by atoms with E-state index in [0.29, 0.717) is 26.2 Å². The SMILES string of the molecule is CC(C)Oc1ccccc1CC(=O)N1CCOC(CN(C)CC(=O)O)C1. The molecule has 0 saturated carbocycles. The zero-order valence-corrected chi connectivity index (χ0v) is 15.7. The molecular formula is C19H28N2O5. The number of aliphatic carboxylic acids is 1. The maximum Gasteiger partial charge on any atom is 0.317 e. The van der Waals surface area contributed by atoms with E-state index in [2.05, 4.69) is 0 Å². The van der Waals surface area contributed by atoms with Crippen LogP contribution in [-0.4, -0.2) is 78.8 Å². The second-order valence-electron chi connectivity index (χ2n) is 6.87. The minimum Gasteiger partial charge on any atom is -0.491 e. The average molecular weight is 364 g/mol. The Labute approximate surface area is 154 Å². The van der Waals surface area contributed by atoms with E-state index in [-0.39, 0.29) is 31.1 Å². The van der Waals surface area contributed by atoms with Crippen molar-refractivity contribution in [3.05, 3.63) is 29.8 Å². The normalized spacial score (nSPS) is 17.6. The van der Waals surface area contributed by atoms with E-state index in [1.807, 2.05) is 38.1 Å². The average Bonchev–Trinajstić information content (AvgIpc) is 2.55. The highest BCUT2D eigenvalue weighted by Gasteiger charge is 2.26. The number of carboxylic acids is 1. The fourth-order valence-corrected chi connectivity index (χ4v) is 2.99. The van der Waals surface area contributed by atoms with E-state index in [4.69, 9.17) is 14.6 Å². The first kappa shape index (κ1) is 20.2. The van der Waals surface area contributed by atoms with Crippen molar-refractivity contribution >= 4 is 11.9 Å². The topological polar surface area (TPSA) is 79.3 Å². The van der Waals surface area contributed by atoms with E-state index in [1.165, 1.54) is 0 Å². The number of carbonyl (C=O) groups excluding carboxylic acids is 1. The third-order valence-corrected chi connectivity index (χ3v) is 4.09. The predicted molar refractivity (Wildman–Crippen MR) is 97.4 cm³/mol. The van der Waals surface area contributed by atoms with Gasteiger partial charge in [-0.25, -0.2) is 0 Å². The Bertz CT molecular complexity index is 620. The summed E-state index contributed by atoms with van der Waals surface area (Å²) < 4.78 is 11.5. The number of amides is 1. The quantitative estimate of drug-likeness (QED) is 0.748. The van der Waals surface area contributed by atoms with Crippen LogP contribution in [-0.2, 0) is 20.7 Å². The molecule has 1 atom stereocenters. The molecule has 0 aliphatic carbocycles. The van der Waals surface area contributed by atoms with Crippen LogP contribution in [0.3, 0.4) is 0 Å². The van der Waals surface area contributed by atoms with Gasteiger partial charge in [-0.15, -0.1) is 0 Å². The van der Waals surface area contributed by atoms with Gasteiger partial charge in [-0.1, -0.05) is 18.2 Å². The van der Waals surface area contributed by atoms with Crippen LogP contribution in [0.25, 0.3) is 0 Å². The minimum absolute atomic E-state index is 0.0268. The Morgan fingerprint density at radius 3 is 2.81 bits per heavy atom. The number of carbonyl (C=O) groups is 2. The van der Waals surface area contributed by atoms with Gasteiger partial charge in [0.25, 0.3) is 0 Å². The first-order valence-electron chi connectivity index (χ1n) is 8.89. The largest absolute Gasteiger partial charge is 0.491 e. The summed E-state index contributed by atoms with van der Waals surface area (Å²) in [4.78, 5) is 27.0. The molecule has 1 aromatic rings. The van der Waals surface area contributed by atoms with Crippen molar-refractivity contribution in [2.24, 2.45) is 0 Å². The third-order valence-electron chi connectivity index (χ3n) is 4.09. The molecule has 1 saturated heterocycles. The van der Waals surface area contributed by atoms with E-state index < -0.39 is 5.97 Å². The number of ether oxygens (including phenoxy) is 2. The van der Waals surface area contributed by atoms with Gasteiger partial charge in [0.2, 0.25) is 5.91 Å². The first-order chi connectivity index (χ1) is 12.3. The number of hydrogen-bond acceptors (Lipinski definition) is 5. The third kappa shape index (κ3) is 6.31. The lowest BCUT2D eigenvalue weighted by atomic mass is 10.1. The van der Waals surface area contributed by atoms with Crippen molar-refractivity contribution in [2.45, 2.75) is 32.5 Å². The lowest BCUT2D eigenvalue weighted by Crippen LogP contribution is -2.50. The van der Waals surface area contributed by atoms with Crippen molar-refractivity contribution in [1.29, 1.82) is 0 Å². The van der Waals surface area contributed by atoms with Crippen LogP contribution in [0.4, 0.5) is 0 Å². The van der Waals surface area contributed by atoms with Crippen LogP contribution in [0.2, 0.25) is 0 Å². The lowest BCUT2D eigenvalue weighted by molar-refractivity contribution is -0.142. The van der Waals surface area contributed by atoms with Crippen molar-refractivity contribution in [2.75, 3.05) is 39.8 Å². The predicted octanol–water partition coefficient (Wildman–Crippen LogP) is 1.26. The van der Waals surface area contributed by atoms with Gasteiger partial charge in [0.05, 0.1) is 31.8 Å². The van der Waals surface area contributed by atoms with Gasteiger partial charge in [0.15, 0.2) is 0 Å². The number of rotatable bonds is 8. The summed E-state index contributed by atoms with van der Waals surface area (Å²) in [6.07, 6.45) is 0.142. The van der Waals surface area contributed by atoms with Crippen molar-refractivity contribution in [3.63, 3.8) is 0 Å². The maximum atomic E-state index is 12.7. The van der Waals surface area contributed by atoms with Gasteiger partial charge >= 0.3 is 5.97 Å². The summed E-state index contributed by atoms with van der Waals surface area (Å²) >= 11 is 0. The second kappa shape index (κ2) is 9.54. The maximum absolute atomic E-state index is 12.7. The van der Waals surface area contributed by atoms with Crippen LogP contribution >= 0.6 is 0 Å². The Balaban J connectivity index is 1.94. The summed E-state index contributed by atoms with van der Waals surface area (Å²) in [6, 6.07) is 7.59. The Hall–Kier alpha value is -2.12. The van der Waals surface area contributed by atoms with E-state index >= 15 is 0 Å². The molecule has 1 aromatic carbocycles. The van der Waals surface area contributed by atoms with Crippen LogP contribution < -0.4 is 4.74 Å². The standard InChI is InChI=1S/C19H28N2O5/c1-14(2)26-17-7-5-4-6-15(17)10-18(22)21-8-9-25-16(12-21)11-20(3)13-19(23)24/h4-7,14,16H,8-13H2,1-3H3,(H,23,24). The molecule has 1 aliphatic heterocycles. The van der Waals surface area contributed by atoms with Crippen molar-refractivity contribution in [1.82, 2.24) is 9.80 Å². The Kier molecular flexibility index (Phi) is 7.41. The molecule has 1 amide bonds. The molecular weight excluding hydrogens is 336 g/mol. The van der Waals surface area contributed by atoms with Crippen LogP contribution in [0, 0.1) is 0 Å². The summed E-state index contributed by atoms with van der Waals surface area (Å²) in [7, 11) is 1.73. The number of carboxylic acid groups (broad SMARTS) is 1. The van der Waals surface area contributed by atoms with Gasteiger partial charge < -0.3 is 19.5 Å². The number of benzene rings is 1. The van der Waals surface area contributed by atoms with Crippen LogP contribution in [0.15, 0.2) is 24.3 Å². The number of para-hydroxylation sites is 1. The first-order valence-corrected chi connectivity index (χ1v) is 8.89. The molecule has 1 N–H and O–H groups in total. The summed E-state index contributed by atoms with van der Waals surface area (Å²) in [5.41, 5.74) is 0.872. The molecule has 0 spiro atoms. The molecule has 2 rings (SSSR count). The molecule has 7 nitrogen and oxygen atoms in total. The fraction of sp³-hybridized carbons (Fsp3) is 0.579. The summed E-state index contributed by atoms with van der Waals surface area (Å²) in [5, 5.41) is 8.85. The van der Waals surface area contributed by atoms with Crippen LogP contribution in [0.5, 0.6) is 5.75 Å². The number of morpholine rings is 1. The van der Waals surface area contributed by atoms with Gasteiger partial charge in [-0.2, -0.15) is 0 Å². The fourth-order valence-electron chi connectivity index (χ4n) is 2.99. The molecule has 1 aliphatic rings. The van der Waals surface area contributed by atoms with E-state index in [9.17, 15) is 9.59 Å². The van der Waals surface area contributed by atoms with Crippen molar-refractivity contribution in [3.8, 4) is 5.75 Å². The molecule has 26 heavy (non-hydrogen) atoms. The number of likely N-dealkylation sites (N-methyl/N-ethyl adjacent to an activating group) is 1. The Morgan fingerprint density at radius 2 is 2.12 bits per heavy atom. The summed E-state index contributed by atoms with van der Waals surface area (Å²) in [5.74, 6) is -0.112. The van der Waals surface area contributed by atoms with E-state index in [1.54, 1.807) is 16.8 Å². The number of nitrogens with zero attached hydrogens (tertiary/aromatic N) is 2. The highest BCUT2D eigenvalue weighted by Crippen LogP contribution is 2.21. The minimum atomic E-state index is -0.877. The zero-order chi connectivity index (χ0) is 19.1. The smallest absolute Gasteiger partial charge is 0.317 e. The molecule has 144 valence electrons.